The van der Waals surface area contributed by atoms with E-state index in [1.54, 1.807) is 24.3 Å². The van der Waals surface area contributed by atoms with Gasteiger partial charge in [-0.1, -0.05) is 35.3 Å². The van der Waals surface area contributed by atoms with Crippen LogP contribution in [0.1, 0.15) is 32.7 Å². The number of halogens is 3. The van der Waals surface area contributed by atoms with Crippen LogP contribution in [0.5, 0.6) is 0 Å². The van der Waals surface area contributed by atoms with Crippen molar-refractivity contribution in [1.29, 1.82) is 0 Å². The molecule has 3 aromatic rings. The van der Waals surface area contributed by atoms with Gasteiger partial charge in [-0.25, -0.2) is 12.8 Å². The largest absolute Gasteiger partial charge is 0.294 e. The van der Waals surface area contributed by atoms with Gasteiger partial charge in [0.05, 0.1) is 26.2 Å². The average molecular weight is 492 g/mol. The first-order valence-corrected chi connectivity index (χ1v) is 11.8. The Kier molecular flexibility index (Phi) is 6.07. The lowest BCUT2D eigenvalue weighted by Gasteiger charge is -2.30. The molecule has 0 saturated heterocycles. The van der Waals surface area contributed by atoms with Crippen molar-refractivity contribution in [2.45, 2.75) is 17.7 Å². The monoisotopic (exact) mass is 491 g/mol. The van der Waals surface area contributed by atoms with Crippen LogP contribution < -0.4 is 4.31 Å². The van der Waals surface area contributed by atoms with E-state index >= 15 is 0 Å². The highest BCUT2D eigenvalue weighted by Crippen LogP contribution is 2.34. The van der Waals surface area contributed by atoms with Crippen LogP contribution in [0.15, 0.2) is 65.6 Å². The van der Waals surface area contributed by atoms with Gasteiger partial charge in [-0.3, -0.25) is 13.9 Å². The molecule has 0 amide bonds. The van der Waals surface area contributed by atoms with E-state index in [0.717, 1.165) is 16.4 Å². The Morgan fingerprint density at radius 3 is 2.31 bits per heavy atom. The number of ketones is 2. The van der Waals surface area contributed by atoms with Gasteiger partial charge in [-0.2, -0.15) is 0 Å². The Morgan fingerprint density at radius 2 is 1.66 bits per heavy atom. The van der Waals surface area contributed by atoms with Crippen LogP contribution in [0, 0.1) is 5.82 Å². The zero-order valence-electron chi connectivity index (χ0n) is 16.5. The normalized spacial score (nSPS) is 13.7. The number of sulfonamides is 1. The molecule has 4 rings (SSSR count). The molecule has 0 bridgehead atoms. The number of fused-ring (bicyclic) bond motifs is 1. The number of Topliss-reactive ketones (excluding diaryl/α,β-unsaturated/α-hetero) is 2. The van der Waals surface area contributed by atoms with Crippen molar-refractivity contribution in [3.8, 4) is 0 Å². The van der Waals surface area contributed by atoms with Crippen LogP contribution in [0.3, 0.4) is 0 Å². The highest BCUT2D eigenvalue weighted by molar-refractivity contribution is 7.92. The molecule has 0 atom stereocenters. The molecule has 1 heterocycles. The molecule has 5 nitrogen and oxygen atoms in total. The summed E-state index contributed by atoms with van der Waals surface area (Å²) in [5.74, 6) is -1.09. The minimum atomic E-state index is -4.04. The van der Waals surface area contributed by atoms with Gasteiger partial charge in [0.1, 0.15) is 5.82 Å². The summed E-state index contributed by atoms with van der Waals surface area (Å²) in [5.41, 5.74) is 1.11. The quantitative estimate of drug-likeness (QED) is 0.451. The molecule has 0 fully saturated rings. The Labute approximate surface area is 194 Å². The molecule has 0 aromatic heterocycles. The molecule has 164 valence electrons. The van der Waals surface area contributed by atoms with Gasteiger partial charge in [0.15, 0.2) is 11.6 Å². The van der Waals surface area contributed by atoms with Crippen LogP contribution >= 0.6 is 23.2 Å². The minimum absolute atomic E-state index is 0.0148. The highest BCUT2D eigenvalue weighted by Gasteiger charge is 2.32. The molecule has 32 heavy (non-hydrogen) atoms. The van der Waals surface area contributed by atoms with Crippen LogP contribution in [-0.2, 0) is 16.4 Å². The SMILES string of the molecule is O=C1CCN(S(=O)(=O)c2ccc(F)cc2)c2cc(CC(=O)c3c(Cl)cccc3Cl)ccc21. The third-order valence-electron chi connectivity index (χ3n) is 5.18. The van der Waals surface area contributed by atoms with Crippen LogP contribution in [-0.4, -0.2) is 26.5 Å². The Balaban J connectivity index is 1.72. The smallest absolute Gasteiger partial charge is 0.264 e. The Hall–Kier alpha value is -2.74. The molecule has 0 aliphatic carbocycles. The zero-order chi connectivity index (χ0) is 23.0. The van der Waals surface area contributed by atoms with Crippen molar-refractivity contribution in [3.63, 3.8) is 0 Å². The van der Waals surface area contributed by atoms with E-state index in [0.29, 0.717) is 5.56 Å². The second kappa shape index (κ2) is 8.65. The number of rotatable bonds is 5. The first kappa shape index (κ1) is 22.5. The number of carbonyl (C=O) groups excluding carboxylic acids is 2. The fourth-order valence-corrected chi connectivity index (χ4v) is 5.69. The number of nitrogens with zero attached hydrogens (tertiary/aromatic N) is 1. The zero-order valence-corrected chi connectivity index (χ0v) is 18.8. The number of anilines is 1. The fraction of sp³-hybridized carbons (Fsp3) is 0.130. The van der Waals surface area contributed by atoms with E-state index in [4.69, 9.17) is 23.2 Å². The van der Waals surface area contributed by atoms with Crippen molar-refractivity contribution in [2.75, 3.05) is 10.8 Å². The van der Waals surface area contributed by atoms with Gasteiger partial charge in [-0.05, 0) is 54.1 Å². The standard InChI is InChI=1S/C23H16Cl2FNO4S/c24-18-2-1-3-19(25)23(18)22(29)13-14-4-9-17-20(12-14)27(11-10-21(17)28)32(30,31)16-7-5-15(26)6-8-16/h1-9,12H,10-11,13H2. The van der Waals surface area contributed by atoms with Gasteiger partial charge >= 0.3 is 0 Å². The predicted molar refractivity (Wildman–Crippen MR) is 121 cm³/mol. The molecule has 0 spiro atoms. The van der Waals surface area contributed by atoms with E-state index in [9.17, 15) is 22.4 Å². The van der Waals surface area contributed by atoms with E-state index < -0.39 is 15.8 Å². The van der Waals surface area contributed by atoms with E-state index in [2.05, 4.69) is 0 Å². The molecular weight excluding hydrogens is 476 g/mol. The second-order valence-corrected chi connectivity index (χ2v) is 9.93. The molecule has 9 heteroatoms. The topological polar surface area (TPSA) is 71.5 Å². The van der Waals surface area contributed by atoms with Crippen LogP contribution in [0.25, 0.3) is 0 Å². The van der Waals surface area contributed by atoms with Gasteiger partial charge < -0.3 is 0 Å². The minimum Gasteiger partial charge on any atom is -0.294 e. The number of carbonyl (C=O) groups is 2. The fourth-order valence-electron chi connectivity index (χ4n) is 3.61. The lowest BCUT2D eigenvalue weighted by molar-refractivity contribution is 0.0979. The van der Waals surface area contributed by atoms with E-state index in [1.165, 1.54) is 24.3 Å². The third-order valence-corrected chi connectivity index (χ3v) is 7.64. The summed E-state index contributed by atoms with van der Waals surface area (Å²) in [4.78, 5) is 25.1. The first-order valence-electron chi connectivity index (χ1n) is 9.60. The maximum Gasteiger partial charge on any atom is 0.264 e. The molecular formula is C23H16Cl2FNO4S. The van der Waals surface area contributed by atoms with Gasteiger partial charge in [0.25, 0.3) is 10.0 Å². The van der Waals surface area contributed by atoms with Crippen molar-refractivity contribution in [3.05, 3.63) is 93.2 Å². The van der Waals surface area contributed by atoms with E-state index in [1.807, 2.05) is 0 Å². The maximum atomic E-state index is 13.3. The molecule has 3 aromatic carbocycles. The molecule has 1 aliphatic rings. The molecule has 0 N–H and O–H groups in total. The lowest BCUT2D eigenvalue weighted by Crippen LogP contribution is -2.37. The predicted octanol–water partition coefficient (Wildman–Crippen LogP) is 5.34. The molecule has 0 unspecified atom stereocenters. The lowest BCUT2D eigenvalue weighted by atomic mass is 9.96. The summed E-state index contributed by atoms with van der Waals surface area (Å²) in [6.07, 6.45) is -0.0731. The van der Waals surface area contributed by atoms with Gasteiger partial charge in [0.2, 0.25) is 0 Å². The van der Waals surface area contributed by atoms with Crippen molar-refractivity contribution < 1.29 is 22.4 Å². The third kappa shape index (κ3) is 4.16. The summed E-state index contributed by atoms with van der Waals surface area (Å²) >= 11 is 12.2. The molecule has 0 saturated carbocycles. The summed E-state index contributed by atoms with van der Waals surface area (Å²) in [5, 5.41) is 0.437. The number of hydrogen-bond donors (Lipinski definition) is 0. The van der Waals surface area contributed by atoms with Gasteiger partial charge in [0, 0.05) is 24.9 Å². The maximum absolute atomic E-state index is 13.3. The average Bonchev–Trinajstić information content (AvgIpc) is 2.74. The van der Waals surface area contributed by atoms with Crippen molar-refractivity contribution >= 4 is 50.5 Å². The first-order chi connectivity index (χ1) is 15.2. The number of benzene rings is 3. The molecule has 0 radical (unpaired) electrons. The van der Waals surface area contributed by atoms with Crippen LogP contribution in [0.4, 0.5) is 10.1 Å². The van der Waals surface area contributed by atoms with Crippen molar-refractivity contribution in [1.82, 2.24) is 0 Å². The molecule has 1 aliphatic heterocycles. The van der Waals surface area contributed by atoms with Crippen molar-refractivity contribution in [2.24, 2.45) is 0 Å². The van der Waals surface area contributed by atoms with Gasteiger partial charge in [-0.15, -0.1) is 0 Å². The summed E-state index contributed by atoms with van der Waals surface area (Å²) in [7, 11) is -4.04. The Bertz CT molecular complexity index is 1320. The summed E-state index contributed by atoms with van der Waals surface area (Å²) < 4.78 is 40.8. The van der Waals surface area contributed by atoms with E-state index in [-0.39, 0.29) is 62.7 Å². The van der Waals surface area contributed by atoms with Crippen LogP contribution in [0.2, 0.25) is 10.0 Å². The summed E-state index contributed by atoms with van der Waals surface area (Å²) in [6, 6.07) is 13.8. The second-order valence-electron chi connectivity index (χ2n) is 7.25. The number of hydrogen-bond acceptors (Lipinski definition) is 4. The summed E-state index contributed by atoms with van der Waals surface area (Å²) in [6.45, 7) is -0.0563. The highest BCUT2D eigenvalue weighted by atomic mass is 35.5. The Morgan fingerprint density at radius 1 is 1.00 bits per heavy atom.